The predicted octanol–water partition coefficient (Wildman–Crippen LogP) is 4.08. The lowest BCUT2D eigenvalue weighted by molar-refractivity contribution is 0.0954. The zero-order valence-corrected chi connectivity index (χ0v) is 15.2. The van der Waals surface area contributed by atoms with E-state index in [-0.39, 0.29) is 5.91 Å². The van der Waals surface area contributed by atoms with E-state index in [2.05, 4.69) is 15.6 Å². The molecule has 0 fully saturated rings. The summed E-state index contributed by atoms with van der Waals surface area (Å²) in [6, 6.07) is 14.2. The van der Waals surface area contributed by atoms with Gasteiger partial charge >= 0.3 is 0 Å². The lowest BCUT2D eigenvalue weighted by Crippen LogP contribution is -2.25. The Morgan fingerprint density at radius 3 is 2.68 bits per heavy atom. The maximum Gasteiger partial charge on any atom is 0.251 e. The summed E-state index contributed by atoms with van der Waals surface area (Å²) in [5.74, 6) is -1.02. The average Bonchev–Trinajstić information content (AvgIpc) is 2.71. The average molecular weight is 383 g/mol. The first-order valence-electron chi connectivity index (χ1n) is 8.65. The number of para-hydroxylation sites is 1. The maximum absolute atomic E-state index is 13.3. The minimum absolute atomic E-state index is 0.259. The van der Waals surface area contributed by atoms with Crippen molar-refractivity contribution < 1.29 is 18.3 Å². The number of hydrogen-bond donors (Lipinski definition) is 2. The Kier molecular flexibility index (Phi) is 6.16. The summed E-state index contributed by atoms with van der Waals surface area (Å²) >= 11 is 0. The second-order valence-electron chi connectivity index (χ2n) is 6.00. The molecule has 0 atom stereocenters. The molecule has 0 spiro atoms. The number of carbonyl (C=O) groups excluding carboxylic acids is 1. The van der Waals surface area contributed by atoms with Gasteiger partial charge in [0, 0.05) is 30.1 Å². The van der Waals surface area contributed by atoms with Crippen LogP contribution < -0.4 is 15.4 Å². The van der Waals surface area contributed by atoms with E-state index >= 15 is 0 Å². The van der Waals surface area contributed by atoms with Gasteiger partial charge in [0.15, 0.2) is 11.6 Å². The number of anilines is 2. The summed E-state index contributed by atoms with van der Waals surface area (Å²) < 4.78 is 31.6. The van der Waals surface area contributed by atoms with Crippen LogP contribution in [0.4, 0.5) is 20.3 Å². The molecule has 0 radical (unpaired) electrons. The summed E-state index contributed by atoms with van der Waals surface area (Å²) in [6.45, 7) is 0.438. The van der Waals surface area contributed by atoms with Gasteiger partial charge < -0.3 is 15.4 Å². The van der Waals surface area contributed by atoms with Gasteiger partial charge in [-0.3, -0.25) is 4.79 Å². The fourth-order valence-corrected chi connectivity index (χ4v) is 2.68. The third kappa shape index (κ3) is 4.82. The highest BCUT2D eigenvalue weighted by Crippen LogP contribution is 2.19. The molecule has 0 aliphatic rings. The van der Waals surface area contributed by atoms with Crippen LogP contribution in [0.3, 0.4) is 0 Å². The number of amides is 1. The molecular formula is C21H19F2N3O2. The second kappa shape index (κ2) is 8.94. The van der Waals surface area contributed by atoms with Crippen molar-refractivity contribution in [1.82, 2.24) is 10.3 Å². The number of aromatic nitrogens is 1. The molecule has 144 valence electrons. The summed E-state index contributed by atoms with van der Waals surface area (Å²) in [7, 11) is 1.61. The molecule has 1 aromatic heterocycles. The summed E-state index contributed by atoms with van der Waals surface area (Å²) in [5.41, 5.74) is 1.74. The van der Waals surface area contributed by atoms with E-state index in [1.54, 1.807) is 19.2 Å². The number of ether oxygens (including phenoxy) is 1. The molecule has 0 saturated carbocycles. The lowest BCUT2D eigenvalue weighted by Gasteiger charge is -2.10. The molecule has 0 aliphatic heterocycles. The van der Waals surface area contributed by atoms with Crippen LogP contribution in [0.25, 0.3) is 0 Å². The number of methoxy groups -OCH3 is 1. The van der Waals surface area contributed by atoms with Gasteiger partial charge in [0.2, 0.25) is 0 Å². The van der Waals surface area contributed by atoms with Gasteiger partial charge in [-0.2, -0.15) is 0 Å². The van der Waals surface area contributed by atoms with Crippen molar-refractivity contribution in [3.63, 3.8) is 0 Å². The highest BCUT2D eigenvalue weighted by atomic mass is 19.2. The highest BCUT2D eigenvalue weighted by molar-refractivity contribution is 5.94. The Balaban J connectivity index is 1.61. The highest BCUT2D eigenvalue weighted by Gasteiger charge is 2.09. The van der Waals surface area contributed by atoms with Crippen molar-refractivity contribution in [2.45, 2.75) is 6.42 Å². The van der Waals surface area contributed by atoms with Crippen molar-refractivity contribution in [2.24, 2.45) is 0 Å². The molecule has 2 aromatic carbocycles. The first-order chi connectivity index (χ1) is 13.6. The van der Waals surface area contributed by atoms with Crippen molar-refractivity contribution >= 4 is 17.4 Å². The van der Waals surface area contributed by atoms with Crippen molar-refractivity contribution in [3.05, 3.63) is 83.6 Å². The van der Waals surface area contributed by atoms with Gasteiger partial charge in [0.05, 0.1) is 7.11 Å². The Hall–Kier alpha value is -3.48. The molecule has 28 heavy (non-hydrogen) atoms. The first kappa shape index (κ1) is 19.3. The van der Waals surface area contributed by atoms with Crippen molar-refractivity contribution in [1.29, 1.82) is 0 Å². The smallest absolute Gasteiger partial charge is 0.251 e. The van der Waals surface area contributed by atoms with E-state index in [4.69, 9.17) is 4.74 Å². The number of carbonyl (C=O) groups is 1. The Morgan fingerprint density at radius 2 is 1.89 bits per heavy atom. The van der Waals surface area contributed by atoms with Gasteiger partial charge in [0.1, 0.15) is 11.6 Å². The minimum Gasteiger partial charge on any atom is -0.496 e. The quantitative estimate of drug-likeness (QED) is 0.645. The molecule has 3 aromatic rings. The molecule has 1 amide bonds. The van der Waals surface area contributed by atoms with E-state index in [1.807, 2.05) is 24.3 Å². The zero-order chi connectivity index (χ0) is 19.9. The number of nitrogens with one attached hydrogen (secondary N) is 2. The molecule has 0 bridgehead atoms. The third-order valence-corrected chi connectivity index (χ3v) is 4.09. The molecule has 3 rings (SSSR count). The van der Waals surface area contributed by atoms with Crippen molar-refractivity contribution in [3.8, 4) is 5.75 Å². The number of benzene rings is 2. The fraction of sp³-hybridized carbons (Fsp3) is 0.143. The van der Waals surface area contributed by atoms with E-state index in [0.29, 0.717) is 30.0 Å². The molecule has 0 saturated heterocycles. The summed E-state index contributed by atoms with van der Waals surface area (Å²) in [4.78, 5) is 16.5. The van der Waals surface area contributed by atoms with Gasteiger partial charge in [-0.25, -0.2) is 13.8 Å². The number of halogens is 2. The molecule has 7 heteroatoms. The normalized spacial score (nSPS) is 10.4. The Labute approximate surface area is 161 Å². The SMILES string of the molecule is COc1ccccc1CCNC(=O)c1ccnc(Nc2ccc(F)c(F)c2)c1. The summed E-state index contributed by atoms with van der Waals surface area (Å²) in [5, 5.41) is 5.70. The van der Waals surface area contributed by atoms with Crippen LogP contribution in [0.5, 0.6) is 5.75 Å². The van der Waals surface area contributed by atoms with Gasteiger partial charge in [0.25, 0.3) is 5.91 Å². The zero-order valence-electron chi connectivity index (χ0n) is 15.2. The van der Waals surface area contributed by atoms with Crippen LogP contribution in [0.15, 0.2) is 60.8 Å². The van der Waals surface area contributed by atoms with Crippen LogP contribution in [-0.2, 0) is 6.42 Å². The number of nitrogens with zero attached hydrogens (tertiary/aromatic N) is 1. The molecular weight excluding hydrogens is 364 g/mol. The van der Waals surface area contributed by atoms with E-state index in [0.717, 1.165) is 23.4 Å². The molecule has 5 nitrogen and oxygen atoms in total. The Morgan fingerprint density at radius 1 is 1.07 bits per heavy atom. The molecule has 1 heterocycles. The predicted molar refractivity (Wildman–Crippen MR) is 103 cm³/mol. The topological polar surface area (TPSA) is 63.2 Å². The minimum atomic E-state index is -0.963. The second-order valence-corrected chi connectivity index (χ2v) is 6.00. The van der Waals surface area contributed by atoms with E-state index < -0.39 is 11.6 Å². The van der Waals surface area contributed by atoms with Crippen molar-refractivity contribution in [2.75, 3.05) is 19.0 Å². The van der Waals surface area contributed by atoms with E-state index in [1.165, 1.54) is 12.3 Å². The van der Waals surface area contributed by atoms with Gasteiger partial charge in [-0.1, -0.05) is 18.2 Å². The fourth-order valence-electron chi connectivity index (χ4n) is 2.68. The lowest BCUT2D eigenvalue weighted by atomic mass is 10.1. The van der Waals surface area contributed by atoms with Gasteiger partial charge in [-0.05, 0) is 42.3 Å². The standard InChI is InChI=1S/C21H19F2N3O2/c1-28-19-5-3-2-4-14(19)8-11-25-21(27)15-9-10-24-20(12-15)26-16-6-7-17(22)18(23)13-16/h2-7,9-10,12-13H,8,11H2,1H3,(H,24,26)(H,25,27). The van der Waals surface area contributed by atoms with Crippen LogP contribution in [0.1, 0.15) is 15.9 Å². The third-order valence-electron chi connectivity index (χ3n) is 4.09. The molecule has 0 unspecified atom stereocenters. The summed E-state index contributed by atoms with van der Waals surface area (Å²) in [6.07, 6.45) is 2.10. The van der Waals surface area contributed by atoms with Crippen LogP contribution in [-0.4, -0.2) is 24.5 Å². The van der Waals surface area contributed by atoms with E-state index in [9.17, 15) is 13.6 Å². The van der Waals surface area contributed by atoms with Crippen LogP contribution >= 0.6 is 0 Å². The maximum atomic E-state index is 13.3. The van der Waals surface area contributed by atoms with Gasteiger partial charge in [-0.15, -0.1) is 0 Å². The number of hydrogen-bond acceptors (Lipinski definition) is 4. The monoisotopic (exact) mass is 383 g/mol. The first-order valence-corrected chi connectivity index (χ1v) is 8.65. The Bertz CT molecular complexity index is 979. The largest absolute Gasteiger partial charge is 0.496 e. The van der Waals surface area contributed by atoms with Crippen LogP contribution in [0, 0.1) is 11.6 Å². The molecule has 0 aliphatic carbocycles. The number of pyridine rings is 1. The van der Waals surface area contributed by atoms with Crippen LogP contribution in [0.2, 0.25) is 0 Å². The molecule has 2 N–H and O–H groups in total. The number of rotatable bonds is 7.